The van der Waals surface area contributed by atoms with Gasteiger partial charge in [0.1, 0.15) is 5.84 Å². The molecule has 13 heavy (non-hydrogen) atoms. The Morgan fingerprint density at radius 3 is 2.23 bits per heavy atom. The Morgan fingerprint density at radius 1 is 1.46 bits per heavy atom. The van der Waals surface area contributed by atoms with Gasteiger partial charge in [0.05, 0.1) is 12.1 Å². The first-order valence-electron chi connectivity index (χ1n) is 4.13. The van der Waals surface area contributed by atoms with E-state index < -0.39 is 12.1 Å². The SMILES string of the molecule is CC(C)OC(=O)N(C)C(C)C(=N)N. The summed E-state index contributed by atoms with van der Waals surface area (Å²) in [7, 11) is 1.55. The monoisotopic (exact) mass is 187 g/mol. The van der Waals surface area contributed by atoms with Crippen LogP contribution >= 0.6 is 0 Å². The molecule has 0 spiro atoms. The molecule has 1 atom stereocenters. The van der Waals surface area contributed by atoms with Crippen LogP contribution in [0.1, 0.15) is 20.8 Å². The number of likely N-dealkylation sites (N-methyl/N-ethyl adjacent to an activating group) is 1. The number of hydrogen-bond acceptors (Lipinski definition) is 3. The molecule has 1 amide bonds. The standard InChI is InChI=1S/C8H17N3O2/c1-5(2)13-8(12)11(4)6(3)7(9)10/h5-6H,1-4H3,(H3,9,10). The van der Waals surface area contributed by atoms with Gasteiger partial charge in [0, 0.05) is 7.05 Å². The fourth-order valence-electron chi connectivity index (χ4n) is 0.652. The summed E-state index contributed by atoms with van der Waals surface area (Å²) in [5.41, 5.74) is 5.24. The average molecular weight is 187 g/mol. The van der Waals surface area contributed by atoms with E-state index in [0.717, 1.165) is 0 Å². The maximum Gasteiger partial charge on any atom is 0.410 e. The van der Waals surface area contributed by atoms with Gasteiger partial charge in [-0.1, -0.05) is 0 Å². The number of ether oxygens (including phenoxy) is 1. The molecule has 76 valence electrons. The minimum Gasteiger partial charge on any atom is -0.447 e. The van der Waals surface area contributed by atoms with Crippen LogP contribution in [-0.4, -0.2) is 36.0 Å². The minimum absolute atomic E-state index is 0.0526. The van der Waals surface area contributed by atoms with Crippen LogP contribution in [0.25, 0.3) is 0 Å². The van der Waals surface area contributed by atoms with Gasteiger partial charge < -0.3 is 15.4 Å². The van der Waals surface area contributed by atoms with E-state index >= 15 is 0 Å². The van der Waals surface area contributed by atoms with E-state index in [-0.39, 0.29) is 11.9 Å². The third-order valence-corrected chi connectivity index (χ3v) is 1.66. The van der Waals surface area contributed by atoms with E-state index in [1.807, 2.05) is 0 Å². The molecule has 0 fully saturated rings. The largest absolute Gasteiger partial charge is 0.447 e. The molecule has 0 saturated heterocycles. The number of nitrogens with one attached hydrogen (secondary N) is 1. The molecule has 0 heterocycles. The summed E-state index contributed by atoms with van der Waals surface area (Å²) in [5, 5.41) is 7.13. The van der Waals surface area contributed by atoms with E-state index in [1.165, 1.54) is 4.90 Å². The van der Waals surface area contributed by atoms with Crippen molar-refractivity contribution in [1.29, 1.82) is 5.41 Å². The lowest BCUT2D eigenvalue weighted by Crippen LogP contribution is -2.44. The quantitative estimate of drug-likeness (QED) is 0.506. The van der Waals surface area contributed by atoms with E-state index in [0.29, 0.717) is 0 Å². The van der Waals surface area contributed by atoms with Crippen molar-refractivity contribution < 1.29 is 9.53 Å². The second kappa shape index (κ2) is 4.69. The smallest absolute Gasteiger partial charge is 0.410 e. The van der Waals surface area contributed by atoms with Crippen molar-refractivity contribution >= 4 is 11.9 Å². The number of hydrogen-bond donors (Lipinski definition) is 2. The molecule has 3 N–H and O–H groups in total. The maximum atomic E-state index is 11.3. The number of carbonyl (C=O) groups excluding carboxylic acids is 1. The van der Waals surface area contributed by atoms with Crippen molar-refractivity contribution in [1.82, 2.24) is 4.90 Å². The Bertz CT molecular complexity index is 204. The molecule has 1 unspecified atom stereocenters. The summed E-state index contributed by atoms with van der Waals surface area (Å²) in [6.45, 7) is 5.21. The van der Waals surface area contributed by atoms with Crippen molar-refractivity contribution in [3.05, 3.63) is 0 Å². The Balaban J connectivity index is 4.17. The highest BCUT2D eigenvalue weighted by atomic mass is 16.6. The first kappa shape index (κ1) is 11.7. The zero-order valence-corrected chi connectivity index (χ0v) is 8.50. The molecular weight excluding hydrogens is 170 g/mol. The highest BCUT2D eigenvalue weighted by molar-refractivity contribution is 5.85. The zero-order chi connectivity index (χ0) is 10.6. The summed E-state index contributed by atoms with van der Waals surface area (Å²) in [5.74, 6) is -0.0526. The number of nitrogens with two attached hydrogens (primary N) is 1. The van der Waals surface area contributed by atoms with E-state index in [4.69, 9.17) is 15.9 Å². The predicted octanol–water partition coefficient (Wildman–Crippen LogP) is 0.788. The molecule has 0 aliphatic carbocycles. The highest BCUT2D eigenvalue weighted by Crippen LogP contribution is 2.00. The van der Waals surface area contributed by atoms with Gasteiger partial charge in [-0.15, -0.1) is 0 Å². The van der Waals surface area contributed by atoms with Crippen LogP contribution in [0.3, 0.4) is 0 Å². The maximum absolute atomic E-state index is 11.3. The van der Waals surface area contributed by atoms with Gasteiger partial charge in [0.15, 0.2) is 0 Å². The molecule has 0 radical (unpaired) electrons. The number of carbonyl (C=O) groups is 1. The molecule has 0 rings (SSSR count). The summed E-state index contributed by atoms with van der Waals surface area (Å²) in [6, 6.07) is -0.425. The molecule has 0 aromatic carbocycles. The molecule has 0 saturated carbocycles. The van der Waals surface area contributed by atoms with Gasteiger partial charge in [-0.3, -0.25) is 5.41 Å². The molecule has 0 aliphatic heterocycles. The molecular formula is C8H17N3O2. The summed E-state index contributed by atoms with van der Waals surface area (Å²) in [4.78, 5) is 12.5. The summed E-state index contributed by atoms with van der Waals surface area (Å²) >= 11 is 0. The van der Waals surface area contributed by atoms with E-state index in [1.54, 1.807) is 27.8 Å². The third kappa shape index (κ3) is 3.78. The van der Waals surface area contributed by atoms with Gasteiger partial charge >= 0.3 is 6.09 Å². The lowest BCUT2D eigenvalue weighted by molar-refractivity contribution is 0.0808. The van der Waals surface area contributed by atoms with Crippen LogP contribution in [0, 0.1) is 5.41 Å². The Kier molecular flexibility index (Phi) is 4.23. The molecule has 0 bridgehead atoms. The zero-order valence-electron chi connectivity index (χ0n) is 8.50. The van der Waals surface area contributed by atoms with E-state index in [9.17, 15) is 4.79 Å². The molecule has 0 aromatic rings. The summed E-state index contributed by atoms with van der Waals surface area (Å²) < 4.78 is 4.92. The van der Waals surface area contributed by atoms with Crippen molar-refractivity contribution in [3.8, 4) is 0 Å². The van der Waals surface area contributed by atoms with Crippen molar-refractivity contribution in [2.75, 3.05) is 7.05 Å². The Morgan fingerprint density at radius 2 is 1.92 bits per heavy atom. The van der Waals surface area contributed by atoms with Crippen LogP contribution in [0.5, 0.6) is 0 Å². The predicted molar refractivity (Wildman–Crippen MR) is 50.8 cm³/mol. The Hall–Kier alpha value is -1.26. The second-order valence-corrected chi connectivity index (χ2v) is 3.17. The third-order valence-electron chi connectivity index (χ3n) is 1.66. The average Bonchev–Trinajstić information content (AvgIpc) is 2.00. The highest BCUT2D eigenvalue weighted by Gasteiger charge is 2.19. The van der Waals surface area contributed by atoms with Gasteiger partial charge in [-0.05, 0) is 20.8 Å². The lowest BCUT2D eigenvalue weighted by atomic mass is 10.3. The van der Waals surface area contributed by atoms with Gasteiger partial charge in [0.2, 0.25) is 0 Å². The minimum atomic E-state index is -0.460. The van der Waals surface area contributed by atoms with Crippen molar-refractivity contribution in [2.45, 2.75) is 32.9 Å². The van der Waals surface area contributed by atoms with Crippen LogP contribution in [0.15, 0.2) is 0 Å². The van der Waals surface area contributed by atoms with Crippen LogP contribution < -0.4 is 5.73 Å². The van der Waals surface area contributed by atoms with Gasteiger partial charge in [-0.2, -0.15) is 0 Å². The molecule has 0 aliphatic rings. The number of nitrogens with zero attached hydrogens (tertiary/aromatic N) is 1. The molecule has 0 aromatic heterocycles. The normalized spacial score (nSPS) is 12.4. The van der Waals surface area contributed by atoms with Crippen molar-refractivity contribution in [2.24, 2.45) is 5.73 Å². The Labute approximate surface area is 78.4 Å². The first-order chi connectivity index (χ1) is 5.86. The fourth-order valence-corrected chi connectivity index (χ4v) is 0.652. The van der Waals surface area contributed by atoms with E-state index in [2.05, 4.69) is 0 Å². The topological polar surface area (TPSA) is 79.4 Å². The summed E-state index contributed by atoms with van der Waals surface area (Å²) in [6.07, 6.45) is -0.619. The van der Waals surface area contributed by atoms with Crippen molar-refractivity contribution in [3.63, 3.8) is 0 Å². The number of amides is 1. The van der Waals surface area contributed by atoms with Gasteiger partial charge in [-0.25, -0.2) is 4.79 Å². The van der Waals surface area contributed by atoms with Crippen LogP contribution in [-0.2, 0) is 4.74 Å². The first-order valence-corrected chi connectivity index (χ1v) is 4.13. The van der Waals surface area contributed by atoms with Gasteiger partial charge in [0.25, 0.3) is 0 Å². The fraction of sp³-hybridized carbons (Fsp3) is 0.750. The molecule has 5 heteroatoms. The lowest BCUT2D eigenvalue weighted by Gasteiger charge is -2.24. The number of amidine groups is 1. The second-order valence-electron chi connectivity index (χ2n) is 3.17. The van der Waals surface area contributed by atoms with Crippen LogP contribution in [0.2, 0.25) is 0 Å². The number of rotatable bonds is 3. The van der Waals surface area contributed by atoms with Crippen LogP contribution in [0.4, 0.5) is 4.79 Å². The molecule has 5 nitrogen and oxygen atoms in total.